The highest BCUT2D eigenvalue weighted by atomic mass is 15.0. The molecule has 150 valence electrons. The molecule has 0 N–H and O–H groups in total. The van der Waals surface area contributed by atoms with Crippen molar-refractivity contribution in [2.75, 3.05) is 0 Å². The maximum absolute atomic E-state index is 4.42. The Hall–Kier alpha value is -4.37. The van der Waals surface area contributed by atoms with Gasteiger partial charge in [-0.1, -0.05) is 60.7 Å². The molecule has 4 aromatic carbocycles. The van der Waals surface area contributed by atoms with Gasteiger partial charge in [0.15, 0.2) is 0 Å². The average Bonchev–Trinajstić information content (AvgIpc) is 3.37. The Kier molecular flexibility index (Phi) is 3.55. The monoisotopic (exact) mass is 409 g/mol. The summed E-state index contributed by atoms with van der Waals surface area (Å²) in [6.45, 7) is 0. The van der Waals surface area contributed by atoms with Crippen molar-refractivity contribution in [3.05, 3.63) is 116 Å². The summed E-state index contributed by atoms with van der Waals surface area (Å²) in [5.41, 5.74) is 7.02. The summed E-state index contributed by atoms with van der Waals surface area (Å²) in [4.78, 5) is 4.42. The summed E-state index contributed by atoms with van der Waals surface area (Å²) < 4.78 is 4.68. The molecule has 0 aliphatic carbocycles. The number of rotatable bonds is 2. The van der Waals surface area contributed by atoms with Crippen molar-refractivity contribution in [3.63, 3.8) is 0 Å². The van der Waals surface area contributed by atoms with Crippen LogP contribution in [0.3, 0.4) is 0 Å². The summed E-state index contributed by atoms with van der Waals surface area (Å²) in [6, 6.07) is 36.7. The first-order valence-electron chi connectivity index (χ1n) is 10.8. The second kappa shape index (κ2) is 6.56. The predicted molar refractivity (Wildman–Crippen MR) is 133 cm³/mol. The Morgan fingerprint density at radius 1 is 0.438 bits per heavy atom. The highest BCUT2D eigenvalue weighted by molar-refractivity contribution is 6.10. The van der Waals surface area contributed by atoms with E-state index < -0.39 is 0 Å². The van der Waals surface area contributed by atoms with E-state index in [1.165, 1.54) is 38.1 Å². The van der Waals surface area contributed by atoms with Crippen molar-refractivity contribution in [2.45, 2.75) is 0 Å². The molecule has 7 aromatic rings. The Balaban J connectivity index is 1.55. The molecule has 0 radical (unpaired) electrons. The highest BCUT2D eigenvalue weighted by Gasteiger charge is 2.14. The van der Waals surface area contributed by atoms with Crippen LogP contribution in [-0.4, -0.2) is 14.1 Å². The van der Waals surface area contributed by atoms with Crippen molar-refractivity contribution >= 4 is 43.6 Å². The molecular weight excluding hydrogens is 390 g/mol. The lowest BCUT2D eigenvalue weighted by Gasteiger charge is -2.12. The van der Waals surface area contributed by atoms with Crippen molar-refractivity contribution in [1.82, 2.24) is 14.1 Å². The van der Waals surface area contributed by atoms with E-state index in [4.69, 9.17) is 0 Å². The number of hydrogen-bond donors (Lipinski definition) is 0. The molecule has 0 unspecified atom stereocenters. The average molecular weight is 409 g/mol. The van der Waals surface area contributed by atoms with Gasteiger partial charge in [0.1, 0.15) is 0 Å². The molecule has 3 aromatic heterocycles. The van der Waals surface area contributed by atoms with Gasteiger partial charge in [0, 0.05) is 39.1 Å². The van der Waals surface area contributed by atoms with E-state index in [0.717, 1.165) is 16.9 Å². The molecule has 7 rings (SSSR count). The number of pyridine rings is 1. The van der Waals surface area contributed by atoms with Crippen molar-refractivity contribution in [2.24, 2.45) is 0 Å². The first kappa shape index (κ1) is 17.3. The molecule has 3 nitrogen and oxygen atoms in total. The SMILES string of the molecule is c1cc(-n2c3ccccc3c3ccccc32)cc(-n2c3ccccc3c3ccncc32)c1. The van der Waals surface area contributed by atoms with E-state index in [1.807, 2.05) is 12.4 Å². The van der Waals surface area contributed by atoms with Crippen LogP contribution in [0.25, 0.3) is 55.0 Å². The second-order valence-electron chi connectivity index (χ2n) is 8.13. The standard InChI is InChI=1S/C29H19N3/c1-4-13-26-22(10-1)23-11-2-5-14-27(23)31(26)20-8-7-9-21(18-20)32-28-15-6-3-12-24(28)25-16-17-30-19-29(25)32/h1-19H. The third kappa shape index (κ3) is 2.33. The molecule has 0 aliphatic heterocycles. The topological polar surface area (TPSA) is 22.8 Å². The maximum atomic E-state index is 4.42. The molecule has 0 saturated carbocycles. The summed E-state index contributed by atoms with van der Waals surface area (Å²) in [6.07, 6.45) is 3.83. The van der Waals surface area contributed by atoms with Crippen LogP contribution in [0.4, 0.5) is 0 Å². The normalized spacial score (nSPS) is 11.8. The van der Waals surface area contributed by atoms with E-state index in [-0.39, 0.29) is 0 Å². The Bertz CT molecular complexity index is 1550. The van der Waals surface area contributed by atoms with Crippen LogP contribution in [0.1, 0.15) is 0 Å². The zero-order chi connectivity index (χ0) is 21.1. The van der Waals surface area contributed by atoms with Gasteiger partial charge in [-0.2, -0.15) is 0 Å². The van der Waals surface area contributed by atoms with Gasteiger partial charge in [0.05, 0.1) is 28.3 Å². The quantitative estimate of drug-likeness (QED) is 0.294. The molecular formula is C29H19N3. The molecule has 0 bridgehead atoms. The van der Waals surface area contributed by atoms with Gasteiger partial charge in [-0.25, -0.2) is 0 Å². The van der Waals surface area contributed by atoms with Crippen molar-refractivity contribution in [3.8, 4) is 11.4 Å². The van der Waals surface area contributed by atoms with Gasteiger partial charge < -0.3 is 9.13 Å². The van der Waals surface area contributed by atoms with Gasteiger partial charge in [0.25, 0.3) is 0 Å². The smallest absolute Gasteiger partial charge is 0.0724 e. The number of nitrogens with zero attached hydrogens (tertiary/aromatic N) is 3. The molecule has 0 fully saturated rings. The molecule has 0 saturated heterocycles. The largest absolute Gasteiger partial charge is 0.309 e. The fourth-order valence-electron chi connectivity index (χ4n) is 5.07. The van der Waals surface area contributed by atoms with Crippen LogP contribution in [0, 0.1) is 0 Å². The Morgan fingerprint density at radius 3 is 1.47 bits per heavy atom. The summed E-state index contributed by atoms with van der Waals surface area (Å²) in [5, 5.41) is 5.01. The summed E-state index contributed by atoms with van der Waals surface area (Å²) in [7, 11) is 0. The van der Waals surface area contributed by atoms with Crippen molar-refractivity contribution < 1.29 is 0 Å². The maximum Gasteiger partial charge on any atom is 0.0724 e. The van der Waals surface area contributed by atoms with E-state index in [9.17, 15) is 0 Å². The van der Waals surface area contributed by atoms with Gasteiger partial charge in [-0.15, -0.1) is 0 Å². The van der Waals surface area contributed by atoms with Crippen LogP contribution in [0.15, 0.2) is 116 Å². The molecule has 0 atom stereocenters. The fraction of sp³-hybridized carbons (Fsp3) is 0. The zero-order valence-corrected chi connectivity index (χ0v) is 17.3. The first-order valence-corrected chi connectivity index (χ1v) is 10.8. The number of para-hydroxylation sites is 3. The Morgan fingerprint density at radius 2 is 0.906 bits per heavy atom. The van der Waals surface area contributed by atoms with Gasteiger partial charge in [-0.05, 0) is 42.5 Å². The van der Waals surface area contributed by atoms with Crippen LogP contribution in [0.5, 0.6) is 0 Å². The minimum atomic E-state index is 1.12. The minimum absolute atomic E-state index is 1.12. The van der Waals surface area contributed by atoms with E-state index >= 15 is 0 Å². The Labute approximate surface area is 184 Å². The van der Waals surface area contributed by atoms with E-state index in [2.05, 4.69) is 117 Å². The highest BCUT2D eigenvalue weighted by Crippen LogP contribution is 2.34. The number of fused-ring (bicyclic) bond motifs is 6. The summed E-state index contributed by atoms with van der Waals surface area (Å²) >= 11 is 0. The molecule has 32 heavy (non-hydrogen) atoms. The molecule has 3 heteroatoms. The predicted octanol–water partition coefficient (Wildman–Crippen LogP) is 7.28. The first-order chi connectivity index (χ1) is 15.9. The number of benzene rings is 4. The van der Waals surface area contributed by atoms with Crippen molar-refractivity contribution in [1.29, 1.82) is 0 Å². The molecule has 0 aliphatic rings. The van der Waals surface area contributed by atoms with E-state index in [0.29, 0.717) is 0 Å². The fourth-order valence-corrected chi connectivity index (χ4v) is 5.07. The molecule has 0 spiro atoms. The molecule has 3 heterocycles. The van der Waals surface area contributed by atoms with Crippen LogP contribution in [0.2, 0.25) is 0 Å². The van der Waals surface area contributed by atoms with Crippen LogP contribution < -0.4 is 0 Å². The van der Waals surface area contributed by atoms with E-state index in [1.54, 1.807) is 0 Å². The van der Waals surface area contributed by atoms with Gasteiger partial charge >= 0.3 is 0 Å². The second-order valence-corrected chi connectivity index (χ2v) is 8.13. The lowest BCUT2D eigenvalue weighted by molar-refractivity contribution is 1.13. The zero-order valence-electron chi connectivity index (χ0n) is 17.3. The lowest BCUT2D eigenvalue weighted by Crippen LogP contribution is -1.98. The van der Waals surface area contributed by atoms with Crippen LogP contribution in [-0.2, 0) is 0 Å². The number of aromatic nitrogens is 3. The lowest BCUT2D eigenvalue weighted by atomic mass is 10.2. The summed E-state index contributed by atoms with van der Waals surface area (Å²) in [5.74, 6) is 0. The van der Waals surface area contributed by atoms with Gasteiger partial charge in [0.2, 0.25) is 0 Å². The minimum Gasteiger partial charge on any atom is -0.309 e. The number of hydrogen-bond acceptors (Lipinski definition) is 1. The van der Waals surface area contributed by atoms with Gasteiger partial charge in [-0.3, -0.25) is 4.98 Å². The molecule has 0 amide bonds. The third-order valence-corrected chi connectivity index (χ3v) is 6.40. The van der Waals surface area contributed by atoms with Crippen LogP contribution >= 0.6 is 0 Å². The third-order valence-electron chi connectivity index (χ3n) is 6.40.